The van der Waals surface area contributed by atoms with Gasteiger partial charge in [0, 0.05) is 75.2 Å². The van der Waals surface area contributed by atoms with Gasteiger partial charge in [0.25, 0.3) is 0 Å². The SMILES string of the molecule is c1ccc(-n2c3ccccc3c3c(-c4cccc5sc6c7ccccc7n(-c7ccccc7)c6c45)cccc32)cc1.c1ccc(-n2c3ccccc3c3cc(-c4cccc5sc6c7ccccc7n(-c7ccccc7)c6c45)ccc32)cc1. The molecular weight excluding hydrogens is 1030 g/mol. The molecule has 0 atom stereocenters. The van der Waals surface area contributed by atoms with E-state index >= 15 is 0 Å². The van der Waals surface area contributed by atoms with Gasteiger partial charge in [-0.1, -0.05) is 188 Å². The molecule has 0 aliphatic rings. The first-order valence-electron chi connectivity index (χ1n) is 27.9. The third-order valence-corrected chi connectivity index (χ3v) is 19.0. The van der Waals surface area contributed by atoms with E-state index in [-0.39, 0.29) is 0 Å². The Morgan fingerprint density at radius 3 is 1.10 bits per heavy atom. The summed E-state index contributed by atoms with van der Waals surface area (Å²) in [4.78, 5) is 0. The van der Waals surface area contributed by atoms with E-state index in [1.807, 2.05) is 22.7 Å². The summed E-state index contributed by atoms with van der Waals surface area (Å²) in [6, 6.07) is 105. The lowest BCUT2D eigenvalue weighted by molar-refractivity contribution is 1.18. The van der Waals surface area contributed by atoms with Crippen molar-refractivity contribution in [2.24, 2.45) is 0 Å². The summed E-state index contributed by atoms with van der Waals surface area (Å²) < 4.78 is 15.0. The highest BCUT2D eigenvalue weighted by atomic mass is 32.1. The van der Waals surface area contributed by atoms with Crippen LogP contribution in [0.2, 0.25) is 0 Å². The third-order valence-electron chi connectivity index (χ3n) is 16.6. The van der Waals surface area contributed by atoms with Crippen molar-refractivity contribution >= 4 is 129 Å². The minimum atomic E-state index is 1.18. The molecule has 6 heteroatoms. The summed E-state index contributed by atoms with van der Waals surface area (Å²) in [6.07, 6.45) is 0. The largest absolute Gasteiger partial charge is 0.309 e. The Hall–Kier alpha value is -10.2. The lowest BCUT2D eigenvalue weighted by atomic mass is 9.96. The highest BCUT2D eigenvalue weighted by molar-refractivity contribution is 7.27. The summed E-state index contributed by atoms with van der Waals surface area (Å²) in [5.74, 6) is 0. The van der Waals surface area contributed by atoms with E-state index in [1.54, 1.807) is 0 Å². The molecule has 18 rings (SSSR count). The summed E-state index contributed by atoms with van der Waals surface area (Å²) in [6.45, 7) is 0. The minimum absolute atomic E-state index is 1.18. The summed E-state index contributed by atoms with van der Waals surface area (Å²) in [5, 5.41) is 10.4. The Morgan fingerprint density at radius 1 is 0.220 bits per heavy atom. The van der Waals surface area contributed by atoms with Gasteiger partial charge in [-0.05, 0) is 125 Å². The normalized spacial score (nSPS) is 11.9. The van der Waals surface area contributed by atoms with Crippen LogP contribution in [0.5, 0.6) is 0 Å². The van der Waals surface area contributed by atoms with Crippen LogP contribution in [-0.2, 0) is 0 Å². The smallest absolute Gasteiger partial charge is 0.0734 e. The Labute approximate surface area is 480 Å². The van der Waals surface area contributed by atoms with E-state index < -0.39 is 0 Å². The van der Waals surface area contributed by atoms with Gasteiger partial charge in [0.15, 0.2) is 0 Å². The molecule has 82 heavy (non-hydrogen) atoms. The Balaban J connectivity index is 0.000000130. The summed E-state index contributed by atoms with van der Waals surface area (Å²) >= 11 is 3.80. The minimum Gasteiger partial charge on any atom is -0.309 e. The van der Waals surface area contributed by atoms with E-state index in [0.717, 1.165) is 0 Å². The van der Waals surface area contributed by atoms with Crippen molar-refractivity contribution in [3.63, 3.8) is 0 Å². The molecule has 0 aliphatic heterocycles. The van der Waals surface area contributed by atoms with Gasteiger partial charge in [0.05, 0.1) is 53.5 Å². The first-order valence-corrected chi connectivity index (χ1v) is 29.6. The molecule has 18 aromatic rings. The maximum absolute atomic E-state index is 2.46. The Kier molecular flexibility index (Phi) is 10.6. The lowest BCUT2D eigenvalue weighted by Gasteiger charge is -2.11. The van der Waals surface area contributed by atoms with Gasteiger partial charge in [0.1, 0.15) is 0 Å². The average molecular weight is 1080 g/mol. The average Bonchev–Trinajstić information content (AvgIpc) is 4.56. The van der Waals surface area contributed by atoms with Crippen molar-refractivity contribution in [3.05, 3.63) is 291 Å². The van der Waals surface area contributed by atoms with Crippen LogP contribution in [0.15, 0.2) is 291 Å². The Bertz CT molecular complexity index is 5500. The second-order valence-electron chi connectivity index (χ2n) is 21.1. The van der Waals surface area contributed by atoms with Crippen LogP contribution < -0.4 is 0 Å². The van der Waals surface area contributed by atoms with Gasteiger partial charge >= 0.3 is 0 Å². The van der Waals surface area contributed by atoms with Gasteiger partial charge in [-0.25, -0.2) is 0 Å². The maximum Gasteiger partial charge on any atom is 0.0734 e. The van der Waals surface area contributed by atoms with E-state index in [2.05, 4.69) is 309 Å². The number of nitrogens with zero attached hydrogens (tertiary/aromatic N) is 4. The molecule has 0 unspecified atom stereocenters. The zero-order valence-electron chi connectivity index (χ0n) is 44.3. The summed E-state index contributed by atoms with van der Waals surface area (Å²) in [5.41, 5.74) is 19.8. The van der Waals surface area contributed by atoms with Crippen molar-refractivity contribution in [1.29, 1.82) is 0 Å². The number of hydrogen-bond donors (Lipinski definition) is 0. The molecule has 0 spiro atoms. The van der Waals surface area contributed by atoms with Crippen LogP contribution in [0.4, 0.5) is 0 Å². The van der Waals surface area contributed by atoms with Crippen LogP contribution in [0, 0.1) is 0 Å². The molecule has 384 valence electrons. The second-order valence-corrected chi connectivity index (χ2v) is 23.2. The number of thiophene rings is 2. The van der Waals surface area contributed by atoms with Crippen molar-refractivity contribution in [1.82, 2.24) is 18.3 Å². The van der Waals surface area contributed by atoms with Crippen LogP contribution >= 0.6 is 22.7 Å². The predicted octanol–water partition coefficient (Wildman–Crippen LogP) is 21.5. The zero-order valence-corrected chi connectivity index (χ0v) is 46.0. The Morgan fingerprint density at radius 2 is 0.573 bits per heavy atom. The van der Waals surface area contributed by atoms with Crippen LogP contribution in [-0.4, -0.2) is 18.3 Å². The second kappa shape index (κ2) is 18.7. The number of aromatic nitrogens is 4. The van der Waals surface area contributed by atoms with E-state index in [4.69, 9.17) is 0 Å². The summed E-state index contributed by atoms with van der Waals surface area (Å²) in [7, 11) is 0. The quantitative estimate of drug-likeness (QED) is 0.158. The molecule has 0 bridgehead atoms. The number of hydrogen-bond acceptors (Lipinski definition) is 2. The van der Waals surface area contributed by atoms with Crippen LogP contribution in [0.1, 0.15) is 0 Å². The first kappa shape index (κ1) is 46.7. The van der Waals surface area contributed by atoms with E-state index in [0.29, 0.717) is 0 Å². The third kappa shape index (κ3) is 7.02. The first-order chi connectivity index (χ1) is 40.7. The molecule has 0 fully saturated rings. The fourth-order valence-electron chi connectivity index (χ4n) is 13.3. The van der Waals surface area contributed by atoms with Crippen molar-refractivity contribution in [2.75, 3.05) is 0 Å². The molecule has 0 N–H and O–H groups in total. The molecule has 4 nitrogen and oxygen atoms in total. The predicted molar refractivity (Wildman–Crippen MR) is 352 cm³/mol. The zero-order chi connectivity index (χ0) is 53.8. The topological polar surface area (TPSA) is 19.7 Å². The van der Waals surface area contributed by atoms with Crippen molar-refractivity contribution in [2.45, 2.75) is 0 Å². The van der Waals surface area contributed by atoms with Gasteiger partial charge in [-0.15, -0.1) is 22.7 Å². The molecule has 6 aromatic heterocycles. The van der Waals surface area contributed by atoms with Crippen LogP contribution in [0.3, 0.4) is 0 Å². The maximum atomic E-state index is 2.46. The fraction of sp³-hybridized carbons (Fsp3) is 0. The molecule has 12 aromatic carbocycles. The van der Waals surface area contributed by atoms with Gasteiger partial charge in [-0.2, -0.15) is 0 Å². The highest BCUT2D eigenvalue weighted by Crippen LogP contribution is 2.50. The molecule has 6 heterocycles. The van der Waals surface area contributed by atoms with Gasteiger partial charge in [0.2, 0.25) is 0 Å². The molecule has 0 amide bonds. The molecular formula is C76H48N4S2. The number of fused-ring (bicyclic) bond motifs is 16. The van der Waals surface area contributed by atoms with Gasteiger partial charge in [-0.3, -0.25) is 0 Å². The highest BCUT2D eigenvalue weighted by Gasteiger charge is 2.24. The number of rotatable bonds is 6. The van der Waals surface area contributed by atoms with E-state index in [9.17, 15) is 0 Å². The standard InChI is InChI=1S/2C38H24N2S/c1-3-13-25(14-4-1)39-31-21-9-7-17-29(31)35-27(19-11-23-33(35)39)28-20-12-24-34-36(28)37-38(41-34)30-18-8-10-22-32(30)40(37)26-15-5-2-6-16-26;1-3-12-26(13-4-1)39-32-19-9-7-16-29(32)31-24-25(22-23-34(31)39)28-18-11-21-35-36(28)37-38(41-35)30-17-8-10-20-33(30)40(37)27-14-5-2-6-15-27/h2*1-24H. The lowest BCUT2D eigenvalue weighted by Crippen LogP contribution is -1.94. The molecule has 0 aliphatic carbocycles. The number of para-hydroxylation sites is 8. The number of benzene rings is 12. The monoisotopic (exact) mass is 1080 g/mol. The molecule has 0 saturated heterocycles. The molecule has 0 radical (unpaired) electrons. The van der Waals surface area contributed by atoms with Crippen molar-refractivity contribution in [3.8, 4) is 45.0 Å². The van der Waals surface area contributed by atoms with Crippen LogP contribution in [0.25, 0.3) is 151 Å². The van der Waals surface area contributed by atoms with E-state index in [1.165, 1.54) is 151 Å². The van der Waals surface area contributed by atoms with Crippen molar-refractivity contribution < 1.29 is 0 Å². The molecule has 0 saturated carbocycles. The fourth-order valence-corrected chi connectivity index (χ4v) is 15.8. The van der Waals surface area contributed by atoms with Gasteiger partial charge < -0.3 is 18.3 Å².